The zero-order chi connectivity index (χ0) is 20.7. The first-order chi connectivity index (χ1) is 14.0. The van der Waals surface area contributed by atoms with Crippen LogP contribution in [0.4, 0.5) is 5.82 Å². The molecule has 0 fully saturated rings. The van der Waals surface area contributed by atoms with Gasteiger partial charge in [0.1, 0.15) is 11.9 Å². The monoisotopic (exact) mass is 430 g/mol. The number of hydrogen-bond acceptors (Lipinski definition) is 5. The van der Waals surface area contributed by atoms with E-state index < -0.39 is 22.0 Å². The summed E-state index contributed by atoms with van der Waals surface area (Å²) in [6.45, 7) is 0. The molecule has 0 bridgehead atoms. The van der Waals surface area contributed by atoms with Crippen molar-refractivity contribution in [1.82, 2.24) is 14.9 Å². The van der Waals surface area contributed by atoms with E-state index in [9.17, 15) is 13.2 Å². The van der Waals surface area contributed by atoms with Crippen molar-refractivity contribution < 1.29 is 13.2 Å². The smallest absolute Gasteiger partial charge is 0.243 e. The van der Waals surface area contributed by atoms with Gasteiger partial charge in [-0.2, -0.15) is 21.6 Å². The van der Waals surface area contributed by atoms with E-state index in [1.165, 1.54) is 12.1 Å². The maximum absolute atomic E-state index is 12.8. The third-order valence-corrected chi connectivity index (χ3v) is 6.31. The second-order valence-electron chi connectivity index (χ2n) is 6.29. The molecule has 0 aliphatic rings. The van der Waals surface area contributed by atoms with Gasteiger partial charge in [0.25, 0.3) is 0 Å². The van der Waals surface area contributed by atoms with Gasteiger partial charge in [-0.1, -0.05) is 48.5 Å². The molecular formula is C20H22N4O3S2. The minimum Gasteiger partial charge on any atom is -0.310 e. The normalized spacial score (nSPS) is 12.4. The van der Waals surface area contributed by atoms with Gasteiger partial charge in [-0.25, -0.2) is 8.42 Å². The van der Waals surface area contributed by atoms with Crippen molar-refractivity contribution >= 4 is 33.5 Å². The van der Waals surface area contributed by atoms with Crippen LogP contribution in [0.5, 0.6) is 0 Å². The molecule has 1 aromatic heterocycles. The number of aromatic nitrogens is 2. The van der Waals surface area contributed by atoms with Gasteiger partial charge in [-0.3, -0.25) is 9.89 Å². The molecule has 1 atom stereocenters. The summed E-state index contributed by atoms with van der Waals surface area (Å²) in [5, 5.41) is 9.70. The first-order valence-electron chi connectivity index (χ1n) is 8.97. The summed E-state index contributed by atoms with van der Waals surface area (Å²) in [5.41, 5.74) is 1.60. The molecule has 9 heteroatoms. The van der Waals surface area contributed by atoms with Crippen molar-refractivity contribution in [3.63, 3.8) is 0 Å². The van der Waals surface area contributed by atoms with Crippen LogP contribution in [-0.4, -0.2) is 42.6 Å². The molecule has 0 aliphatic heterocycles. The van der Waals surface area contributed by atoms with Gasteiger partial charge in [0.15, 0.2) is 0 Å². The fourth-order valence-corrected chi connectivity index (χ4v) is 4.42. The van der Waals surface area contributed by atoms with E-state index in [4.69, 9.17) is 0 Å². The molecule has 1 heterocycles. The molecule has 29 heavy (non-hydrogen) atoms. The van der Waals surface area contributed by atoms with Crippen LogP contribution < -0.4 is 10.0 Å². The Hall–Kier alpha value is -2.62. The zero-order valence-electron chi connectivity index (χ0n) is 15.8. The average Bonchev–Trinajstić information content (AvgIpc) is 3.21. The molecule has 2 aromatic carbocycles. The van der Waals surface area contributed by atoms with E-state index in [2.05, 4.69) is 20.2 Å². The van der Waals surface area contributed by atoms with Crippen LogP contribution in [0.1, 0.15) is 6.42 Å². The quantitative estimate of drug-likeness (QED) is 0.484. The van der Waals surface area contributed by atoms with Crippen LogP contribution in [-0.2, 0) is 14.8 Å². The number of nitrogens with one attached hydrogen (secondary N) is 3. The predicted octanol–water partition coefficient (Wildman–Crippen LogP) is 3.12. The van der Waals surface area contributed by atoms with Crippen LogP contribution in [0.2, 0.25) is 0 Å². The first-order valence-corrected chi connectivity index (χ1v) is 11.9. The minimum atomic E-state index is -3.81. The van der Waals surface area contributed by atoms with Crippen molar-refractivity contribution in [3.8, 4) is 11.3 Å². The number of H-pyrrole nitrogens is 1. The lowest BCUT2D eigenvalue weighted by atomic mass is 10.1. The number of carbonyl (C=O) groups excluding carboxylic acids is 1. The van der Waals surface area contributed by atoms with Gasteiger partial charge >= 0.3 is 0 Å². The highest BCUT2D eigenvalue weighted by Crippen LogP contribution is 2.19. The summed E-state index contributed by atoms with van der Waals surface area (Å²) in [6, 6.07) is 18.4. The third kappa shape index (κ3) is 5.69. The van der Waals surface area contributed by atoms with Crippen LogP contribution >= 0.6 is 11.8 Å². The Labute approximate surface area is 174 Å². The molecule has 3 N–H and O–H groups in total. The number of aromatic amines is 1. The van der Waals surface area contributed by atoms with E-state index in [0.29, 0.717) is 23.7 Å². The second-order valence-corrected chi connectivity index (χ2v) is 8.99. The number of amides is 1. The third-order valence-electron chi connectivity index (χ3n) is 4.18. The zero-order valence-corrected chi connectivity index (χ0v) is 17.5. The van der Waals surface area contributed by atoms with Crippen molar-refractivity contribution in [2.24, 2.45) is 0 Å². The number of hydrogen-bond donors (Lipinski definition) is 3. The molecule has 1 unspecified atom stereocenters. The SMILES string of the molecule is CSCCC(NS(=O)(=O)c1ccccc1)C(=O)Nc1cc(-c2ccccc2)n[nH]1. The number of carbonyl (C=O) groups is 1. The lowest BCUT2D eigenvalue weighted by molar-refractivity contribution is -0.117. The van der Waals surface area contributed by atoms with Crippen molar-refractivity contribution in [2.45, 2.75) is 17.4 Å². The number of rotatable bonds is 9. The second kappa shape index (κ2) is 9.73. The van der Waals surface area contributed by atoms with E-state index in [1.54, 1.807) is 36.0 Å². The molecule has 0 aliphatic carbocycles. The molecule has 3 rings (SSSR count). The van der Waals surface area contributed by atoms with Gasteiger partial charge in [0, 0.05) is 11.6 Å². The number of nitrogens with zero attached hydrogens (tertiary/aromatic N) is 1. The maximum atomic E-state index is 12.8. The maximum Gasteiger partial charge on any atom is 0.243 e. The Morgan fingerprint density at radius 1 is 1.10 bits per heavy atom. The Bertz CT molecular complexity index is 1040. The molecule has 0 saturated heterocycles. The Morgan fingerprint density at radius 3 is 2.41 bits per heavy atom. The number of anilines is 1. The van der Waals surface area contributed by atoms with Crippen LogP contribution in [0.3, 0.4) is 0 Å². The summed E-state index contributed by atoms with van der Waals surface area (Å²) in [6.07, 6.45) is 2.26. The largest absolute Gasteiger partial charge is 0.310 e. The Morgan fingerprint density at radius 2 is 1.76 bits per heavy atom. The number of thioether (sulfide) groups is 1. The average molecular weight is 431 g/mol. The van der Waals surface area contributed by atoms with Crippen LogP contribution in [0, 0.1) is 0 Å². The lowest BCUT2D eigenvalue weighted by Crippen LogP contribution is -2.44. The highest BCUT2D eigenvalue weighted by molar-refractivity contribution is 7.98. The summed E-state index contributed by atoms with van der Waals surface area (Å²) in [4.78, 5) is 12.9. The summed E-state index contributed by atoms with van der Waals surface area (Å²) in [7, 11) is -3.81. The number of benzene rings is 2. The lowest BCUT2D eigenvalue weighted by Gasteiger charge is -2.17. The Balaban J connectivity index is 1.73. The summed E-state index contributed by atoms with van der Waals surface area (Å²) < 4.78 is 27.8. The van der Waals surface area contributed by atoms with Crippen molar-refractivity contribution in [1.29, 1.82) is 0 Å². The van der Waals surface area contributed by atoms with Gasteiger partial charge in [-0.05, 0) is 30.6 Å². The molecular weight excluding hydrogens is 408 g/mol. The molecule has 3 aromatic rings. The van der Waals surface area contributed by atoms with Crippen molar-refractivity contribution in [3.05, 3.63) is 66.7 Å². The molecule has 152 valence electrons. The number of sulfonamides is 1. The van der Waals surface area contributed by atoms with Gasteiger partial charge in [0.05, 0.1) is 10.6 Å². The molecule has 1 amide bonds. The van der Waals surface area contributed by atoms with Gasteiger partial charge < -0.3 is 5.32 Å². The van der Waals surface area contributed by atoms with E-state index in [1.807, 2.05) is 36.6 Å². The van der Waals surface area contributed by atoms with Gasteiger partial charge in [0.2, 0.25) is 15.9 Å². The molecule has 0 spiro atoms. The summed E-state index contributed by atoms with van der Waals surface area (Å²) in [5.74, 6) is 0.594. The summed E-state index contributed by atoms with van der Waals surface area (Å²) >= 11 is 1.54. The predicted molar refractivity (Wildman–Crippen MR) is 116 cm³/mol. The molecule has 0 saturated carbocycles. The van der Waals surface area contributed by atoms with Crippen molar-refractivity contribution in [2.75, 3.05) is 17.3 Å². The van der Waals surface area contributed by atoms with E-state index in [-0.39, 0.29) is 4.90 Å². The molecule has 7 nitrogen and oxygen atoms in total. The van der Waals surface area contributed by atoms with Crippen LogP contribution in [0.15, 0.2) is 71.6 Å². The first kappa shape index (κ1) is 21.1. The van der Waals surface area contributed by atoms with E-state index >= 15 is 0 Å². The molecule has 0 radical (unpaired) electrons. The van der Waals surface area contributed by atoms with E-state index in [0.717, 1.165) is 5.56 Å². The minimum absolute atomic E-state index is 0.120. The Kier molecular flexibility index (Phi) is 7.08. The van der Waals surface area contributed by atoms with Gasteiger partial charge in [-0.15, -0.1) is 0 Å². The highest BCUT2D eigenvalue weighted by atomic mass is 32.2. The topological polar surface area (TPSA) is 104 Å². The fraction of sp³-hybridized carbons (Fsp3) is 0.200. The van der Waals surface area contributed by atoms with Crippen LogP contribution in [0.25, 0.3) is 11.3 Å². The standard InChI is InChI=1S/C20H22N4O3S2/c1-28-13-12-17(24-29(26,27)16-10-6-3-7-11-16)20(25)21-19-14-18(22-23-19)15-8-4-2-5-9-15/h2-11,14,17,24H,12-13H2,1H3,(H2,21,22,23,25). The fourth-order valence-electron chi connectivity index (χ4n) is 2.70. The highest BCUT2D eigenvalue weighted by Gasteiger charge is 2.26.